The predicted octanol–water partition coefficient (Wildman–Crippen LogP) is 3.35. The Morgan fingerprint density at radius 1 is 0.870 bits per heavy atom. The standard InChI is InChI=1S/C19H25NO3/c1-14-16(6-5-7-17(14)21-2)13-20-11-10-15-8-9-18(22-3)19(12-15)23-4/h5-9,12,20H,10-11,13H2,1-4H3. The number of nitrogens with one attached hydrogen (secondary N) is 1. The molecule has 0 aliphatic heterocycles. The first-order valence-corrected chi connectivity index (χ1v) is 7.73. The third-order valence-corrected chi connectivity index (χ3v) is 3.97. The Morgan fingerprint density at radius 2 is 1.61 bits per heavy atom. The lowest BCUT2D eigenvalue weighted by molar-refractivity contribution is 0.354. The van der Waals surface area contributed by atoms with E-state index in [1.165, 1.54) is 16.7 Å². The van der Waals surface area contributed by atoms with E-state index >= 15 is 0 Å². The number of hydrogen-bond acceptors (Lipinski definition) is 4. The summed E-state index contributed by atoms with van der Waals surface area (Å²) in [7, 11) is 5.01. The second-order valence-corrected chi connectivity index (χ2v) is 5.36. The number of methoxy groups -OCH3 is 3. The van der Waals surface area contributed by atoms with E-state index < -0.39 is 0 Å². The van der Waals surface area contributed by atoms with Crippen molar-refractivity contribution in [1.29, 1.82) is 0 Å². The quantitative estimate of drug-likeness (QED) is 0.758. The maximum absolute atomic E-state index is 5.36. The summed E-state index contributed by atoms with van der Waals surface area (Å²) in [5.74, 6) is 2.47. The summed E-state index contributed by atoms with van der Waals surface area (Å²) in [6.07, 6.45) is 0.934. The van der Waals surface area contributed by atoms with Gasteiger partial charge in [0.15, 0.2) is 11.5 Å². The smallest absolute Gasteiger partial charge is 0.160 e. The van der Waals surface area contributed by atoms with E-state index in [-0.39, 0.29) is 0 Å². The van der Waals surface area contributed by atoms with E-state index in [9.17, 15) is 0 Å². The van der Waals surface area contributed by atoms with E-state index in [2.05, 4.69) is 24.4 Å². The fraction of sp³-hybridized carbons (Fsp3) is 0.368. The molecule has 0 aromatic heterocycles. The summed E-state index contributed by atoms with van der Waals surface area (Å²) in [5.41, 5.74) is 3.67. The van der Waals surface area contributed by atoms with Crippen molar-refractivity contribution in [2.45, 2.75) is 19.9 Å². The normalized spacial score (nSPS) is 10.4. The van der Waals surface area contributed by atoms with Crippen LogP contribution in [0.2, 0.25) is 0 Å². The zero-order chi connectivity index (χ0) is 16.7. The molecule has 0 atom stereocenters. The summed E-state index contributed by atoms with van der Waals surface area (Å²) in [6, 6.07) is 12.2. The molecular formula is C19H25NO3. The molecule has 0 saturated heterocycles. The van der Waals surface area contributed by atoms with Crippen LogP contribution in [0.15, 0.2) is 36.4 Å². The minimum absolute atomic E-state index is 0.760. The van der Waals surface area contributed by atoms with Crippen LogP contribution in [0.5, 0.6) is 17.2 Å². The zero-order valence-electron chi connectivity index (χ0n) is 14.3. The van der Waals surface area contributed by atoms with Gasteiger partial charge in [-0.3, -0.25) is 0 Å². The number of hydrogen-bond donors (Lipinski definition) is 1. The van der Waals surface area contributed by atoms with Crippen molar-refractivity contribution in [2.75, 3.05) is 27.9 Å². The van der Waals surface area contributed by atoms with Crippen LogP contribution in [0.3, 0.4) is 0 Å². The van der Waals surface area contributed by atoms with Gasteiger partial charge < -0.3 is 19.5 Å². The Morgan fingerprint density at radius 3 is 2.30 bits per heavy atom. The summed E-state index contributed by atoms with van der Waals surface area (Å²) >= 11 is 0. The average Bonchev–Trinajstić information content (AvgIpc) is 2.59. The van der Waals surface area contributed by atoms with E-state index in [0.29, 0.717) is 0 Å². The highest BCUT2D eigenvalue weighted by molar-refractivity contribution is 5.43. The molecule has 23 heavy (non-hydrogen) atoms. The predicted molar refractivity (Wildman–Crippen MR) is 92.7 cm³/mol. The summed E-state index contributed by atoms with van der Waals surface area (Å²) in [6.45, 7) is 3.81. The van der Waals surface area contributed by atoms with Gasteiger partial charge in [0, 0.05) is 6.54 Å². The maximum atomic E-state index is 5.36. The lowest BCUT2D eigenvalue weighted by Gasteiger charge is -2.12. The molecule has 0 aliphatic carbocycles. The number of rotatable bonds is 8. The van der Waals surface area contributed by atoms with Gasteiger partial charge in [-0.25, -0.2) is 0 Å². The SMILES string of the molecule is COc1ccc(CCNCc2cccc(OC)c2C)cc1OC. The number of ether oxygens (including phenoxy) is 3. The lowest BCUT2D eigenvalue weighted by atomic mass is 10.1. The van der Waals surface area contributed by atoms with E-state index in [0.717, 1.165) is 36.8 Å². The van der Waals surface area contributed by atoms with Crippen molar-refractivity contribution >= 4 is 0 Å². The van der Waals surface area contributed by atoms with Crippen molar-refractivity contribution in [2.24, 2.45) is 0 Å². The van der Waals surface area contributed by atoms with E-state index in [4.69, 9.17) is 14.2 Å². The molecule has 0 fully saturated rings. The van der Waals surface area contributed by atoms with Crippen LogP contribution in [-0.2, 0) is 13.0 Å². The Balaban J connectivity index is 1.88. The summed E-state index contributed by atoms with van der Waals surface area (Å²) in [5, 5.41) is 3.48. The molecule has 1 N–H and O–H groups in total. The molecule has 0 spiro atoms. The van der Waals surface area contributed by atoms with Crippen LogP contribution in [-0.4, -0.2) is 27.9 Å². The van der Waals surface area contributed by atoms with Crippen molar-refractivity contribution < 1.29 is 14.2 Å². The molecule has 124 valence electrons. The molecule has 4 nitrogen and oxygen atoms in total. The van der Waals surface area contributed by atoms with Crippen molar-refractivity contribution in [1.82, 2.24) is 5.32 Å². The van der Waals surface area contributed by atoms with Crippen LogP contribution >= 0.6 is 0 Å². The second-order valence-electron chi connectivity index (χ2n) is 5.36. The average molecular weight is 315 g/mol. The first-order chi connectivity index (χ1) is 11.2. The summed E-state index contributed by atoms with van der Waals surface area (Å²) < 4.78 is 15.9. The van der Waals surface area contributed by atoms with E-state index in [1.54, 1.807) is 21.3 Å². The van der Waals surface area contributed by atoms with Crippen LogP contribution < -0.4 is 19.5 Å². The molecule has 2 aromatic carbocycles. The van der Waals surface area contributed by atoms with Gasteiger partial charge in [-0.1, -0.05) is 18.2 Å². The molecule has 0 bridgehead atoms. The van der Waals surface area contributed by atoms with Crippen molar-refractivity contribution in [3.63, 3.8) is 0 Å². The largest absolute Gasteiger partial charge is 0.496 e. The van der Waals surface area contributed by atoms with Crippen molar-refractivity contribution in [3.8, 4) is 17.2 Å². The van der Waals surface area contributed by atoms with Crippen molar-refractivity contribution in [3.05, 3.63) is 53.1 Å². The van der Waals surface area contributed by atoms with Crippen LogP contribution in [0.4, 0.5) is 0 Å². The molecule has 0 heterocycles. The Kier molecular flexibility index (Phi) is 6.29. The zero-order valence-corrected chi connectivity index (χ0v) is 14.3. The minimum atomic E-state index is 0.760. The molecule has 0 unspecified atom stereocenters. The Bertz CT molecular complexity index is 641. The monoisotopic (exact) mass is 315 g/mol. The Hall–Kier alpha value is -2.20. The van der Waals surface area contributed by atoms with Crippen LogP contribution in [0, 0.1) is 6.92 Å². The third kappa shape index (κ3) is 4.39. The second kappa shape index (κ2) is 8.44. The van der Waals surface area contributed by atoms with Crippen LogP contribution in [0.25, 0.3) is 0 Å². The first kappa shape index (κ1) is 17.2. The molecule has 4 heteroatoms. The van der Waals surface area contributed by atoms with Gasteiger partial charge in [0.1, 0.15) is 5.75 Å². The molecule has 0 aliphatic rings. The fourth-order valence-electron chi connectivity index (χ4n) is 2.56. The highest BCUT2D eigenvalue weighted by Crippen LogP contribution is 2.27. The molecule has 2 aromatic rings. The van der Waals surface area contributed by atoms with Gasteiger partial charge in [0.2, 0.25) is 0 Å². The highest BCUT2D eigenvalue weighted by atomic mass is 16.5. The minimum Gasteiger partial charge on any atom is -0.496 e. The fourth-order valence-corrected chi connectivity index (χ4v) is 2.56. The lowest BCUT2D eigenvalue weighted by Crippen LogP contribution is -2.17. The topological polar surface area (TPSA) is 39.7 Å². The number of benzene rings is 2. The Labute approximate surface area is 138 Å². The van der Waals surface area contributed by atoms with Gasteiger partial charge in [-0.15, -0.1) is 0 Å². The summed E-state index contributed by atoms with van der Waals surface area (Å²) in [4.78, 5) is 0. The maximum Gasteiger partial charge on any atom is 0.160 e. The van der Waals surface area contributed by atoms with Crippen LogP contribution in [0.1, 0.15) is 16.7 Å². The molecule has 0 amide bonds. The highest BCUT2D eigenvalue weighted by Gasteiger charge is 2.05. The molecular weight excluding hydrogens is 290 g/mol. The van der Waals surface area contributed by atoms with E-state index in [1.807, 2.05) is 24.3 Å². The molecule has 0 saturated carbocycles. The van der Waals surface area contributed by atoms with Gasteiger partial charge in [0.25, 0.3) is 0 Å². The van der Waals surface area contributed by atoms with Gasteiger partial charge >= 0.3 is 0 Å². The van der Waals surface area contributed by atoms with Gasteiger partial charge in [0.05, 0.1) is 21.3 Å². The van der Waals surface area contributed by atoms with Gasteiger partial charge in [-0.2, -0.15) is 0 Å². The molecule has 2 rings (SSSR count). The molecule has 0 radical (unpaired) electrons. The third-order valence-electron chi connectivity index (χ3n) is 3.97. The van der Waals surface area contributed by atoms with Gasteiger partial charge in [-0.05, 0) is 54.8 Å². The first-order valence-electron chi connectivity index (χ1n) is 7.73.